The van der Waals surface area contributed by atoms with Crippen LogP contribution in [0.5, 0.6) is 0 Å². The first-order valence-corrected chi connectivity index (χ1v) is 12.7. The van der Waals surface area contributed by atoms with Gasteiger partial charge >= 0.3 is 0 Å². The van der Waals surface area contributed by atoms with Gasteiger partial charge in [-0.3, -0.25) is 0 Å². The number of sulfonamides is 1. The van der Waals surface area contributed by atoms with Gasteiger partial charge in [-0.25, -0.2) is 8.42 Å². The van der Waals surface area contributed by atoms with E-state index in [0.717, 1.165) is 24.9 Å². The largest absolute Gasteiger partial charge is 0.244 e. The van der Waals surface area contributed by atoms with Crippen LogP contribution in [0.15, 0.2) is 65.7 Å². The summed E-state index contributed by atoms with van der Waals surface area (Å²) in [6.07, 6.45) is 6.56. The van der Waals surface area contributed by atoms with E-state index in [2.05, 4.69) is 28.1 Å². The fraction of sp³-hybridized carbons (Fsp3) is 0.375. The standard InChI is InChI=1S/C24H22ClN3O2S/c25-17-6-8-18(9-7-17)31(29,30)28-22-19-14-27(13-16-4-2-1-3-5-16)26-20(19)12-21-23(10-11-23)15-24(21,22)28/h1-9,14,21-22H,10-13,15H2/p+1. The quantitative estimate of drug-likeness (QED) is 0.483. The lowest BCUT2D eigenvalue weighted by Gasteiger charge is -2.48. The Kier molecular flexibility index (Phi) is 3.45. The van der Waals surface area contributed by atoms with E-state index in [0.29, 0.717) is 21.3 Å². The number of nitrogens with zero attached hydrogens (tertiary/aromatic N) is 2. The minimum atomic E-state index is -3.57. The first-order valence-electron chi connectivity index (χ1n) is 10.9. The molecule has 7 heteroatoms. The maximum atomic E-state index is 13.7. The van der Waals surface area contributed by atoms with Crippen molar-refractivity contribution in [3.63, 3.8) is 0 Å². The SMILES string of the molecule is O=S(=O)(c1ccc(Cl)cc1)N1C2c3c[n+](Cc4ccccc4)[nH]c3CC3C4(CC4)CC231. The first-order chi connectivity index (χ1) is 14.9. The Morgan fingerprint density at radius 3 is 2.55 bits per heavy atom. The van der Waals surface area contributed by atoms with E-state index in [1.165, 1.54) is 24.1 Å². The summed E-state index contributed by atoms with van der Waals surface area (Å²) in [5, 5.41) is 4.13. The second kappa shape index (κ2) is 5.80. The molecule has 1 aliphatic heterocycles. The predicted octanol–water partition coefficient (Wildman–Crippen LogP) is 3.84. The topological polar surface area (TPSA) is 56.8 Å². The number of benzene rings is 2. The van der Waals surface area contributed by atoms with Crippen molar-refractivity contribution in [3.05, 3.63) is 82.6 Å². The van der Waals surface area contributed by atoms with Gasteiger partial charge in [0.25, 0.3) is 0 Å². The fourth-order valence-electron chi connectivity index (χ4n) is 6.59. The van der Waals surface area contributed by atoms with Crippen LogP contribution in [0.2, 0.25) is 5.02 Å². The number of aromatic amines is 1. The van der Waals surface area contributed by atoms with Crippen molar-refractivity contribution in [2.24, 2.45) is 11.3 Å². The molecule has 5 nitrogen and oxygen atoms in total. The third-order valence-corrected chi connectivity index (χ3v) is 10.3. The molecule has 1 aromatic heterocycles. The van der Waals surface area contributed by atoms with Crippen LogP contribution < -0.4 is 4.68 Å². The van der Waals surface area contributed by atoms with E-state index in [-0.39, 0.29) is 11.6 Å². The third-order valence-electron chi connectivity index (χ3n) is 8.11. The number of fused-ring (bicyclic) bond motifs is 3. The Balaban J connectivity index is 1.29. The molecule has 3 fully saturated rings. The second-order valence-electron chi connectivity index (χ2n) is 9.73. The van der Waals surface area contributed by atoms with Crippen LogP contribution in [0.1, 0.15) is 42.1 Å². The van der Waals surface area contributed by atoms with Crippen LogP contribution >= 0.6 is 11.6 Å². The fourth-order valence-corrected chi connectivity index (χ4v) is 8.69. The molecule has 3 aliphatic carbocycles. The molecule has 1 N–H and O–H groups in total. The van der Waals surface area contributed by atoms with E-state index in [4.69, 9.17) is 11.6 Å². The monoisotopic (exact) mass is 452 g/mol. The average Bonchev–Trinajstić information content (AvgIpc) is 3.65. The smallest absolute Gasteiger partial charge is 0.207 e. The van der Waals surface area contributed by atoms with Crippen molar-refractivity contribution in [2.45, 2.75) is 48.7 Å². The van der Waals surface area contributed by atoms with E-state index < -0.39 is 10.0 Å². The van der Waals surface area contributed by atoms with Gasteiger partial charge < -0.3 is 0 Å². The van der Waals surface area contributed by atoms with Gasteiger partial charge in [0.1, 0.15) is 0 Å². The molecule has 4 aliphatic rings. The van der Waals surface area contributed by atoms with E-state index >= 15 is 0 Å². The zero-order valence-electron chi connectivity index (χ0n) is 17.0. The summed E-state index contributed by atoms with van der Waals surface area (Å²) >= 11 is 6.01. The molecule has 2 spiro atoms. The van der Waals surface area contributed by atoms with Gasteiger partial charge in [0.05, 0.1) is 27.7 Å². The van der Waals surface area contributed by atoms with Crippen LogP contribution in [0, 0.1) is 11.3 Å². The Morgan fingerprint density at radius 2 is 1.84 bits per heavy atom. The molecule has 0 radical (unpaired) electrons. The lowest BCUT2D eigenvalue weighted by molar-refractivity contribution is -0.742. The molecule has 2 saturated carbocycles. The minimum Gasteiger partial charge on any atom is -0.207 e. The van der Waals surface area contributed by atoms with Gasteiger partial charge in [-0.15, -0.1) is 4.68 Å². The number of hydrogen-bond donors (Lipinski definition) is 1. The predicted molar refractivity (Wildman–Crippen MR) is 116 cm³/mol. The second-order valence-corrected chi connectivity index (χ2v) is 12.0. The molecule has 0 bridgehead atoms. The van der Waals surface area contributed by atoms with Crippen molar-refractivity contribution in [3.8, 4) is 0 Å². The summed E-state index contributed by atoms with van der Waals surface area (Å²) < 4.78 is 31.3. The van der Waals surface area contributed by atoms with Gasteiger partial charge in [0.2, 0.25) is 16.2 Å². The zero-order valence-corrected chi connectivity index (χ0v) is 18.5. The van der Waals surface area contributed by atoms with Crippen LogP contribution in [0.3, 0.4) is 0 Å². The van der Waals surface area contributed by atoms with Crippen LogP contribution in [0.4, 0.5) is 0 Å². The van der Waals surface area contributed by atoms with Gasteiger partial charge in [0, 0.05) is 10.6 Å². The molecule has 0 amide bonds. The molecule has 2 aromatic carbocycles. The van der Waals surface area contributed by atoms with Crippen molar-refractivity contribution >= 4 is 21.6 Å². The highest BCUT2D eigenvalue weighted by Gasteiger charge is 2.86. The lowest BCUT2D eigenvalue weighted by atomic mass is 9.55. The van der Waals surface area contributed by atoms with Crippen LogP contribution in [-0.2, 0) is 23.0 Å². The highest BCUT2D eigenvalue weighted by Crippen LogP contribution is 2.83. The van der Waals surface area contributed by atoms with E-state index in [1.807, 2.05) is 22.5 Å². The molecule has 31 heavy (non-hydrogen) atoms. The molecule has 1 saturated heterocycles. The van der Waals surface area contributed by atoms with Crippen molar-refractivity contribution in [1.29, 1.82) is 0 Å². The summed E-state index contributed by atoms with van der Waals surface area (Å²) in [5.41, 5.74) is 3.73. The summed E-state index contributed by atoms with van der Waals surface area (Å²) in [7, 11) is -3.57. The molecule has 4 atom stereocenters. The van der Waals surface area contributed by atoms with Crippen molar-refractivity contribution < 1.29 is 13.1 Å². The Hall–Kier alpha value is -2.15. The number of halogens is 1. The number of hydrogen-bond acceptors (Lipinski definition) is 2. The van der Waals surface area contributed by atoms with E-state index in [9.17, 15) is 8.42 Å². The molecule has 2 heterocycles. The third kappa shape index (κ3) is 2.36. The minimum absolute atomic E-state index is 0.0542. The Bertz CT molecular complexity index is 1310. The molecule has 3 aromatic rings. The molecule has 158 valence electrons. The lowest BCUT2D eigenvalue weighted by Crippen LogP contribution is -2.52. The maximum Gasteiger partial charge on any atom is 0.244 e. The summed E-state index contributed by atoms with van der Waals surface area (Å²) in [6.45, 7) is 0.757. The van der Waals surface area contributed by atoms with Crippen LogP contribution in [-0.4, -0.2) is 23.4 Å². The van der Waals surface area contributed by atoms with Crippen LogP contribution in [0.25, 0.3) is 0 Å². The Labute approximate surface area is 186 Å². The number of nitrogens with one attached hydrogen (secondary N) is 1. The Morgan fingerprint density at radius 1 is 1.10 bits per heavy atom. The van der Waals surface area contributed by atoms with Gasteiger partial charge in [-0.2, -0.15) is 9.40 Å². The van der Waals surface area contributed by atoms with Crippen molar-refractivity contribution in [1.82, 2.24) is 9.40 Å². The summed E-state index contributed by atoms with van der Waals surface area (Å²) in [4.78, 5) is 0.338. The number of H-pyrrole nitrogens is 1. The molecular formula is C24H23ClN3O2S+. The maximum absolute atomic E-state index is 13.7. The average molecular weight is 453 g/mol. The highest BCUT2D eigenvalue weighted by molar-refractivity contribution is 7.89. The van der Waals surface area contributed by atoms with E-state index in [1.54, 1.807) is 24.3 Å². The van der Waals surface area contributed by atoms with Crippen molar-refractivity contribution in [2.75, 3.05) is 0 Å². The zero-order chi connectivity index (χ0) is 21.0. The molecule has 4 unspecified atom stereocenters. The normalized spacial score (nSPS) is 31.3. The van der Waals surface area contributed by atoms with Gasteiger partial charge in [-0.05, 0) is 61.3 Å². The first kappa shape index (κ1) is 18.4. The van der Waals surface area contributed by atoms with Gasteiger partial charge in [0.15, 0.2) is 6.54 Å². The summed E-state index contributed by atoms with van der Waals surface area (Å²) in [5.74, 6) is 0.420. The summed E-state index contributed by atoms with van der Waals surface area (Å²) in [6, 6.07) is 16.9. The molecule has 7 rings (SSSR count). The highest BCUT2D eigenvalue weighted by atomic mass is 35.5. The number of aromatic nitrogens is 2. The molecular weight excluding hydrogens is 430 g/mol. The number of rotatable bonds is 4. The van der Waals surface area contributed by atoms with Gasteiger partial charge in [-0.1, -0.05) is 41.9 Å².